The second-order valence-corrected chi connectivity index (χ2v) is 5.81. The van der Waals surface area contributed by atoms with Gasteiger partial charge in [-0.1, -0.05) is 0 Å². The van der Waals surface area contributed by atoms with Crippen molar-refractivity contribution in [3.05, 3.63) is 29.6 Å². The van der Waals surface area contributed by atoms with Crippen LogP contribution in [0.25, 0.3) is 10.1 Å². The number of fused-ring (bicyclic) bond motifs is 1. The Hall–Kier alpha value is -1.75. The first kappa shape index (κ1) is 12.3. The first-order valence-corrected chi connectivity index (χ1v) is 7.32. The number of amides is 1. The third-order valence-corrected chi connectivity index (χ3v) is 4.49. The van der Waals surface area contributed by atoms with Gasteiger partial charge in [-0.25, -0.2) is 4.79 Å². The average molecular weight is 276 g/mol. The van der Waals surface area contributed by atoms with Crippen LogP contribution in [0, 0.1) is 0 Å². The van der Waals surface area contributed by atoms with Gasteiger partial charge in [0, 0.05) is 29.5 Å². The van der Waals surface area contributed by atoms with E-state index in [0.717, 1.165) is 18.5 Å². The summed E-state index contributed by atoms with van der Waals surface area (Å²) in [7, 11) is 0. The van der Waals surface area contributed by atoms with E-state index < -0.39 is 6.09 Å². The van der Waals surface area contributed by atoms with E-state index >= 15 is 0 Å². The lowest BCUT2D eigenvalue weighted by molar-refractivity contribution is 0.134. The summed E-state index contributed by atoms with van der Waals surface area (Å²) < 4.78 is 1.30. The zero-order valence-electron chi connectivity index (χ0n) is 10.5. The molecule has 0 radical (unpaired) electrons. The number of benzene rings is 1. The van der Waals surface area contributed by atoms with Crippen molar-refractivity contribution >= 4 is 33.2 Å². The third kappa shape index (κ3) is 2.66. The molecule has 2 aromatic rings. The van der Waals surface area contributed by atoms with Gasteiger partial charge in [0.1, 0.15) is 0 Å². The van der Waals surface area contributed by atoms with Crippen molar-refractivity contribution in [1.29, 1.82) is 0 Å². The Morgan fingerprint density at radius 1 is 1.32 bits per heavy atom. The molecule has 2 N–H and O–H groups in total. The summed E-state index contributed by atoms with van der Waals surface area (Å²) in [4.78, 5) is 12.3. The van der Waals surface area contributed by atoms with Crippen LogP contribution in [-0.2, 0) is 0 Å². The number of piperidine rings is 1. The molecule has 0 saturated carbocycles. The second-order valence-electron chi connectivity index (χ2n) is 4.86. The molecule has 1 aliphatic rings. The molecule has 4 nitrogen and oxygen atoms in total. The highest BCUT2D eigenvalue weighted by Crippen LogP contribution is 2.25. The SMILES string of the molecule is O=C(O)N1CCC(Nc2ccc3sccc3c2)CC1. The molecule has 1 amide bonds. The first-order valence-electron chi connectivity index (χ1n) is 6.44. The number of hydrogen-bond acceptors (Lipinski definition) is 3. The van der Waals surface area contributed by atoms with Gasteiger partial charge in [0.05, 0.1) is 0 Å². The fourth-order valence-corrected chi connectivity index (χ4v) is 3.28. The predicted octanol–water partition coefficient (Wildman–Crippen LogP) is 3.46. The van der Waals surface area contributed by atoms with Gasteiger partial charge in [0.15, 0.2) is 0 Å². The Bertz CT molecular complexity index is 588. The van der Waals surface area contributed by atoms with Crippen molar-refractivity contribution in [1.82, 2.24) is 4.90 Å². The summed E-state index contributed by atoms with van der Waals surface area (Å²) >= 11 is 1.75. The van der Waals surface area contributed by atoms with Crippen LogP contribution in [0.5, 0.6) is 0 Å². The monoisotopic (exact) mass is 276 g/mol. The molecule has 19 heavy (non-hydrogen) atoms. The average Bonchev–Trinajstić information content (AvgIpc) is 2.87. The zero-order chi connectivity index (χ0) is 13.2. The maximum atomic E-state index is 10.8. The van der Waals surface area contributed by atoms with E-state index in [1.807, 2.05) is 0 Å². The van der Waals surface area contributed by atoms with Crippen LogP contribution in [0.15, 0.2) is 29.6 Å². The van der Waals surface area contributed by atoms with Crippen LogP contribution in [0.1, 0.15) is 12.8 Å². The quantitative estimate of drug-likeness (QED) is 0.883. The molecule has 0 unspecified atom stereocenters. The molecular weight excluding hydrogens is 260 g/mol. The standard InChI is InChI=1S/C14H16N2O2S/c17-14(18)16-6-3-11(4-7-16)15-12-1-2-13-10(9-12)5-8-19-13/h1-2,5,8-9,11,15H,3-4,6-7H2,(H,17,18). The number of nitrogens with zero attached hydrogens (tertiary/aromatic N) is 1. The van der Waals surface area contributed by atoms with E-state index in [4.69, 9.17) is 5.11 Å². The molecule has 1 aliphatic heterocycles. The summed E-state index contributed by atoms with van der Waals surface area (Å²) in [6.07, 6.45) is 0.931. The number of hydrogen-bond donors (Lipinski definition) is 2. The minimum Gasteiger partial charge on any atom is -0.465 e. The summed E-state index contributed by atoms with van der Waals surface area (Å²) in [5.74, 6) is 0. The van der Waals surface area contributed by atoms with Gasteiger partial charge < -0.3 is 15.3 Å². The van der Waals surface area contributed by atoms with Crippen LogP contribution in [-0.4, -0.2) is 35.2 Å². The Kier molecular flexibility index (Phi) is 3.29. The molecule has 0 bridgehead atoms. The molecule has 0 atom stereocenters. The van der Waals surface area contributed by atoms with Crippen LogP contribution in [0.3, 0.4) is 0 Å². The third-order valence-electron chi connectivity index (χ3n) is 3.59. The van der Waals surface area contributed by atoms with E-state index in [9.17, 15) is 4.79 Å². The maximum Gasteiger partial charge on any atom is 0.407 e. The van der Waals surface area contributed by atoms with Gasteiger partial charge in [0.25, 0.3) is 0 Å². The fourth-order valence-electron chi connectivity index (χ4n) is 2.51. The Morgan fingerprint density at radius 2 is 2.11 bits per heavy atom. The Labute approximate surface area is 115 Å². The van der Waals surface area contributed by atoms with E-state index in [2.05, 4.69) is 35.0 Å². The molecule has 1 fully saturated rings. The number of likely N-dealkylation sites (tertiary alicyclic amines) is 1. The van der Waals surface area contributed by atoms with Gasteiger partial charge in [-0.3, -0.25) is 0 Å². The minimum absolute atomic E-state index is 0.367. The van der Waals surface area contributed by atoms with Gasteiger partial charge in [-0.15, -0.1) is 11.3 Å². The maximum absolute atomic E-state index is 10.8. The highest BCUT2D eigenvalue weighted by Gasteiger charge is 2.21. The van der Waals surface area contributed by atoms with Crippen LogP contribution >= 0.6 is 11.3 Å². The molecule has 1 aromatic heterocycles. The summed E-state index contributed by atoms with van der Waals surface area (Å²) in [6, 6.07) is 8.89. The van der Waals surface area contributed by atoms with Crippen molar-refractivity contribution in [2.75, 3.05) is 18.4 Å². The number of thiophene rings is 1. The lowest BCUT2D eigenvalue weighted by Gasteiger charge is -2.31. The Balaban J connectivity index is 1.64. The fraction of sp³-hybridized carbons (Fsp3) is 0.357. The second kappa shape index (κ2) is 5.09. The number of rotatable bonds is 2. The van der Waals surface area contributed by atoms with E-state index in [-0.39, 0.29) is 0 Å². The molecule has 3 rings (SSSR count). The van der Waals surface area contributed by atoms with Crippen LogP contribution in [0.2, 0.25) is 0 Å². The molecule has 1 saturated heterocycles. The van der Waals surface area contributed by atoms with Crippen LogP contribution in [0.4, 0.5) is 10.5 Å². The lowest BCUT2D eigenvalue weighted by Crippen LogP contribution is -2.41. The zero-order valence-corrected chi connectivity index (χ0v) is 11.3. The summed E-state index contributed by atoms with van der Waals surface area (Å²) in [5, 5.41) is 15.8. The largest absolute Gasteiger partial charge is 0.465 e. The first-order chi connectivity index (χ1) is 9.22. The number of nitrogens with one attached hydrogen (secondary N) is 1. The van der Waals surface area contributed by atoms with Crippen molar-refractivity contribution in [2.45, 2.75) is 18.9 Å². The highest BCUT2D eigenvalue weighted by molar-refractivity contribution is 7.17. The molecule has 0 aliphatic carbocycles. The van der Waals surface area contributed by atoms with Gasteiger partial charge in [-0.2, -0.15) is 0 Å². The number of carboxylic acid groups (broad SMARTS) is 1. The molecule has 1 aromatic carbocycles. The van der Waals surface area contributed by atoms with E-state index in [1.54, 1.807) is 11.3 Å². The molecular formula is C14H16N2O2S. The van der Waals surface area contributed by atoms with Gasteiger partial charge in [-0.05, 0) is 47.9 Å². The smallest absolute Gasteiger partial charge is 0.407 e. The molecule has 2 heterocycles. The van der Waals surface area contributed by atoms with Crippen molar-refractivity contribution in [3.8, 4) is 0 Å². The number of anilines is 1. The van der Waals surface area contributed by atoms with E-state index in [1.165, 1.54) is 15.0 Å². The predicted molar refractivity (Wildman–Crippen MR) is 78.1 cm³/mol. The van der Waals surface area contributed by atoms with Gasteiger partial charge >= 0.3 is 6.09 Å². The summed E-state index contributed by atoms with van der Waals surface area (Å²) in [6.45, 7) is 1.24. The number of carbonyl (C=O) groups is 1. The topological polar surface area (TPSA) is 52.6 Å². The van der Waals surface area contributed by atoms with E-state index in [0.29, 0.717) is 19.1 Å². The molecule has 5 heteroatoms. The Morgan fingerprint density at radius 3 is 2.84 bits per heavy atom. The highest BCUT2D eigenvalue weighted by atomic mass is 32.1. The summed E-state index contributed by atoms with van der Waals surface area (Å²) in [5.41, 5.74) is 1.12. The minimum atomic E-state index is -0.807. The van der Waals surface area contributed by atoms with Crippen LogP contribution < -0.4 is 5.32 Å². The van der Waals surface area contributed by atoms with Crippen molar-refractivity contribution in [2.24, 2.45) is 0 Å². The van der Waals surface area contributed by atoms with Crippen molar-refractivity contribution < 1.29 is 9.90 Å². The lowest BCUT2D eigenvalue weighted by atomic mass is 10.0. The normalized spacial score (nSPS) is 16.7. The van der Waals surface area contributed by atoms with Crippen molar-refractivity contribution in [3.63, 3.8) is 0 Å². The molecule has 100 valence electrons. The van der Waals surface area contributed by atoms with Gasteiger partial charge in [0.2, 0.25) is 0 Å². The molecule has 0 spiro atoms.